The number of halogens is 2. The van der Waals surface area contributed by atoms with Crippen molar-refractivity contribution in [3.05, 3.63) is 35.4 Å². The Morgan fingerprint density at radius 3 is 2.48 bits per heavy atom. The van der Waals surface area contributed by atoms with Gasteiger partial charge in [-0.25, -0.2) is 8.78 Å². The van der Waals surface area contributed by atoms with Gasteiger partial charge in [-0.2, -0.15) is 0 Å². The van der Waals surface area contributed by atoms with E-state index in [4.69, 9.17) is 0 Å². The first-order valence-corrected chi connectivity index (χ1v) is 8.31. The number of carbonyl (C=O) groups is 1. The van der Waals surface area contributed by atoms with Gasteiger partial charge in [-0.15, -0.1) is 0 Å². The van der Waals surface area contributed by atoms with Gasteiger partial charge in [0.2, 0.25) is 0 Å². The molecule has 0 spiro atoms. The fraction of sp³-hybridized carbons (Fsp3) is 0.588. The largest absolute Gasteiger partial charge is 0.336 e. The maximum atomic E-state index is 13.7. The molecule has 1 aromatic carbocycles. The summed E-state index contributed by atoms with van der Waals surface area (Å²) in [6.07, 6.45) is 2.42. The Balaban J connectivity index is 1.52. The summed E-state index contributed by atoms with van der Waals surface area (Å²) in [5.74, 6) is -1.06. The van der Waals surface area contributed by atoms with Crippen molar-refractivity contribution in [2.45, 2.75) is 12.8 Å². The predicted molar refractivity (Wildman–Crippen MR) is 84.3 cm³/mol. The number of hydrogen-bond acceptors (Lipinski definition) is 3. The summed E-state index contributed by atoms with van der Waals surface area (Å²) >= 11 is 0. The second-order valence-electron chi connectivity index (χ2n) is 6.41. The molecule has 126 valence electrons. The number of hydrogen-bond donors (Lipinski definition) is 1. The summed E-state index contributed by atoms with van der Waals surface area (Å²) in [7, 11) is 0. The Morgan fingerprint density at radius 1 is 1.13 bits per heavy atom. The Bertz CT molecular complexity index is 553. The minimum absolute atomic E-state index is 0.0433. The lowest BCUT2D eigenvalue weighted by atomic mass is 9.97. The Labute approximate surface area is 135 Å². The molecule has 4 nitrogen and oxygen atoms in total. The van der Waals surface area contributed by atoms with Crippen molar-refractivity contribution in [3.63, 3.8) is 0 Å². The van der Waals surface area contributed by atoms with Crippen LogP contribution in [0.2, 0.25) is 0 Å². The quantitative estimate of drug-likeness (QED) is 0.920. The van der Waals surface area contributed by atoms with Crippen molar-refractivity contribution in [2.24, 2.45) is 5.92 Å². The van der Waals surface area contributed by atoms with Crippen LogP contribution in [0.3, 0.4) is 0 Å². The number of benzene rings is 1. The summed E-state index contributed by atoms with van der Waals surface area (Å²) < 4.78 is 26.7. The van der Waals surface area contributed by atoms with Crippen LogP contribution in [0.5, 0.6) is 0 Å². The number of amides is 1. The molecule has 1 aromatic rings. The maximum absolute atomic E-state index is 13.7. The van der Waals surface area contributed by atoms with E-state index in [9.17, 15) is 13.6 Å². The first-order valence-electron chi connectivity index (χ1n) is 8.31. The fourth-order valence-electron chi connectivity index (χ4n) is 3.40. The minimum atomic E-state index is -0.785. The van der Waals surface area contributed by atoms with Crippen LogP contribution in [0.15, 0.2) is 18.2 Å². The van der Waals surface area contributed by atoms with Crippen LogP contribution < -0.4 is 5.32 Å². The molecule has 2 fully saturated rings. The average Bonchev–Trinajstić information content (AvgIpc) is 2.56. The third-order valence-electron chi connectivity index (χ3n) is 4.80. The number of nitrogens with zero attached hydrogens (tertiary/aromatic N) is 2. The molecule has 2 aliphatic heterocycles. The van der Waals surface area contributed by atoms with Gasteiger partial charge in [0.25, 0.3) is 5.91 Å². The standard InChI is InChI=1S/C17H23F2N3O/c18-14-1-2-15(16(19)11-14)17(23)22-9-7-21(8-10-22)12-13-3-5-20-6-4-13/h1-2,11,13,20H,3-10,12H2. The van der Waals surface area contributed by atoms with Gasteiger partial charge in [0.15, 0.2) is 0 Å². The molecule has 0 bridgehead atoms. The van der Waals surface area contributed by atoms with Crippen molar-refractivity contribution in [3.8, 4) is 0 Å². The zero-order chi connectivity index (χ0) is 16.2. The highest BCUT2D eigenvalue weighted by Gasteiger charge is 2.25. The van der Waals surface area contributed by atoms with E-state index >= 15 is 0 Å². The van der Waals surface area contributed by atoms with Crippen molar-refractivity contribution in [1.82, 2.24) is 15.1 Å². The SMILES string of the molecule is O=C(c1ccc(F)cc1F)N1CCN(CC2CCNCC2)CC1. The Kier molecular flexibility index (Phi) is 5.23. The van der Waals surface area contributed by atoms with Crippen molar-refractivity contribution in [2.75, 3.05) is 45.8 Å². The van der Waals surface area contributed by atoms with Gasteiger partial charge in [0, 0.05) is 38.8 Å². The van der Waals surface area contributed by atoms with Gasteiger partial charge >= 0.3 is 0 Å². The lowest BCUT2D eigenvalue weighted by molar-refractivity contribution is 0.0604. The van der Waals surface area contributed by atoms with Gasteiger partial charge in [0.1, 0.15) is 11.6 Å². The van der Waals surface area contributed by atoms with Crippen molar-refractivity contribution in [1.29, 1.82) is 0 Å². The molecule has 0 aliphatic carbocycles. The van der Waals surface area contributed by atoms with E-state index in [0.29, 0.717) is 13.1 Å². The lowest BCUT2D eigenvalue weighted by Crippen LogP contribution is -2.50. The molecule has 23 heavy (non-hydrogen) atoms. The number of rotatable bonds is 3. The lowest BCUT2D eigenvalue weighted by Gasteiger charge is -2.37. The molecule has 3 rings (SSSR count). The van der Waals surface area contributed by atoms with Crippen LogP contribution in [-0.4, -0.2) is 61.5 Å². The first-order chi connectivity index (χ1) is 11.1. The van der Waals surface area contributed by atoms with E-state index < -0.39 is 11.6 Å². The summed E-state index contributed by atoms with van der Waals surface area (Å²) in [6.45, 7) is 6.09. The molecule has 0 saturated carbocycles. The summed E-state index contributed by atoms with van der Waals surface area (Å²) in [5, 5.41) is 3.37. The van der Waals surface area contributed by atoms with E-state index in [2.05, 4.69) is 10.2 Å². The average molecular weight is 323 g/mol. The van der Waals surface area contributed by atoms with E-state index in [1.807, 2.05) is 0 Å². The monoisotopic (exact) mass is 323 g/mol. The molecule has 2 heterocycles. The molecule has 6 heteroatoms. The smallest absolute Gasteiger partial charge is 0.256 e. The molecular formula is C17H23F2N3O. The maximum Gasteiger partial charge on any atom is 0.256 e. The minimum Gasteiger partial charge on any atom is -0.336 e. The highest BCUT2D eigenvalue weighted by Crippen LogP contribution is 2.17. The molecule has 0 radical (unpaired) electrons. The summed E-state index contributed by atoms with van der Waals surface area (Å²) in [5.41, 5.74) is -0.0433. The van der Waals surface area contributed by atoms with Crippen molar-refractivity contribution < 1.29 is 13.6 Å². The van der Waals surface area contributed by atoms with E-state index in [1.54, 1.807) is 4.90 Å². The van der Waals surface area contributed by atoms with Crippen LogP contribution in [0.4, 0.5) is 8.78 Å². The second kappa shape index (κ2) is 7.36. The zero-order valence-corrected chi connectivity index (χ0v) is 13.2. The highest BCUT2D eigenvalue weighted by atomic mass is 19.1. The van der Waals surface area contributed by atoms with Gasteiger partial charge in [-0.05, 0) is 44.0 Å². The molecule has 2 saturated heterocycles. The number of carbonyl (C=O) groups excluding carboxylic acids is 1. The van der Waals surface area contributed by atoms with Crippen LogP contribution >= 0.6 is 0 Å². The molecule has 0 atom stereocenters. The third kappa shape index (κ3) is 4.06. The second-order valence-corrected chi connectivity index (χ2v) is 6.41. The van der Waals surface area contributed by atoms with Crippen LogP contribution in [-0.2, 0) is 0 Å². The molecule has 0 unspecified atom stereocenters. The summed E-state index contributed by atoms with van der Waals surface area (Å²) in [6, 6.07) is 3.12. The van der Waals surface area contributed by atoms with Gasteiger partial charge in [-0.3, -0.25) is 9.69 Å². The molecule has 1 N–H and O–H groups in total. The molecule has 2 aliphatic rings. The number of piperazine rings is 1. The van der Waals surface area contributed by atoms with Crippen LogP contribution in [0, 0.1) is 17.6 Å². The molecule has 1 amide bonds. The van der Waals surface area contributed by atoms with Crippen molar-refractivity contribution >= 4 is 5.91 Å². The topological polar surface area (TPSA) is 35.6 Å². The van der Waals surface area contributed by atoms with Crippen LogP contribution in [0.25, 0.3) is 0 Å². The zero-order valence-electron chi connectivity index (χ0n) is 13.2. The van der Waals surface area contributed by atoms with Gasteiger partial charge in [-0.1, -0.05) is 0 Å². The third-order valence-corrected chi connectivity index (χ3v) is 4.80. The predicted octanol–water partition coefficient (Wildman–Crippen LogP) is 1.72. The number of nitrogens with one attached hydrogen (secondary N) is 1. The Hall–Kier alpha value is -1.53. The molecule has 0 aromatic heterocycles. The van der Waals surface area contributed by atoms with Gasteiger partial charge < -0.3 is 10.2 Å². The van der Waals surface area contributed by atoms with Gasteiger partial charge in [0.05, 0.1) is 5.56 Å². The van der Waals surface area contributed by atoms with E-state index in [-0.39, 0.29) is 11.5 Å². The van der Waals surface area contributed by atoms with E-state index in [0.717, 1.165) is 50.8 Å². The fourth-order valence-corrected chi connectivity index (χ4v) is 3.40. The number of piperidine rings is 1. The molecular weight excluding hydrogens is 300 g/mol. The first kappa shape index (κ1) is 16.3. The van der Waals surface area contributed by atoms with Crippen LogP contribution in [0.1, 0.15) is 23.2 Å². The highest BCUT2D eigenvalue weighted by molar-refractivity contribution is 5.94. The van der Waals surface area contributed by atoms with E-state index in [1.165, 1.54) is 18.9 Å². The normalized spacial score (nSPS) is 20.7. The summed E-state index contributed by atoms with van der Waals surface area (Å²) in [4.78, 5) is 16.4. The Morgan fingerprint density at radius 2 is 1.83 bits per heavy atom.